The van der Waals surface area contributed by atoms with Crippen molar-refractivity contribution < 1.29 is 14.2 Å². The molecule has 1 aromatic carbocycles. The second-order valence-electron chi connectivity index (χ2n) is 8.60. The molecule has 0 spiro atoms. The van der Waals surface area contributed by atoms with E-state index in [2.05, 4.69) is 21.2 Å². The first kappa shape index (κ1) is 16.9. The average Bonchev–Trinajstić information content (AvgIpc) is 3.15. The zero-order valence-corrected chi connectivity index (χ0v) is 16.1. The van der Waals surface area contributed by atoms with E-state index in [0.29, 0.717) is 18.1 Å². The molecule has 144 valence electrons. The van der Waals surface area contributed by atoms with Gasteiger partial charge in [0.25, 0.3) is 0 Å². The summed E-state index contributed by atoms with van der Waals surface area (Å²) in [5.74, 6) is 4.77. The molecule has 4 aliphatic carbocycles. The molecule has 0 unspecified atom stereocenters. The first-order valence-corrected chi connectivity index (χ1v) is 9.94. The van der Waals surface area contributed by atoms with Crippen molar-refractivity contribution in [3.63, 3.8) is 0 Å². The fraction of sp³-hybridized carbons (Fsp3) is 0.619. The minimum atomic E-state index is 0.212. The van der Waals surface area contributed by atoms with E-state index in [1.54, 1.807) is 14.2 Å². The Hall–Kier alpha value is -2.24. The van der Waals surface area contributed by atoms with Crippen LogP contribution in [0.1, 0.15) is 44.2 Å². The summed E-state index contributed by atoms with van der Waals surface area (Å²) < 4.78 is 18.7. The number of hydrogen-bond acceptors (Lipinski definition) is 5. The number of methoxy groups -OCH3 is 2. The number of benzene rings is 1. The van der Waals surface area contributed by atoms with E-state index in [-0.39, 0.29) is 5.54 Å². The Kier molecular flexibility index (Phi) is 4.02. The van der Waals surface area contributed by atoms with E-state index >= 15 is 0 Å². The minimum Gasteiger partial charge on any atom is -0.493 e. The molecule has 4 aliphatic rings. The molecule has 6 heteroatoms. The van der Waals surface area contributed by atoms with Crippen LogP contribution in [0.4, 0.5) is 0 Å². The van der Waals surface area contributed by atoms with Crippen molar-refractivity contribution in [2.75, 3.05) is 14.2 Å². The van der Waals surface area contributed by atoms with Crippen LogP contribution in [0.25, 0.3) is 0 Å². The lowest BCUT2D eigenvalue weighted by Gasteiger charge is -2.56. The molecule has 0 radical (unpaired) electrons. The maximum absolute atomic E-state index is 5.91. The quantitative estimate of drug-likeness (QED) is 0.775. The van der Waals surface area contributed by atoms with Crippen LogP contribution in [0.3, 0.4) is 0 Å². The molecule has 2 aromatic rings. The van der Waals surface area contributed by atoms with Gasteiger partial charge < -0.3 is 14.2 Å². The topological polar surface area (TPSA) is 58.4 Å². The van der Waals surface area contributed by atoms with E-state index in [4.69, 9.17) is 14.2 Å². The summed E-state index contributed by atoms with van der Waals surface area (Å²) in [6, 6.07) is 5.56. The van der Waals surface area contributed by atoms with Gasteiger partial charge in [0.15, 0.2) is 11.5 Å². The monoisotopic (exact) mass is 369 g/mol. The molecule has 1 aromatic heterocycles. The third kappa shape index (κ3) is 2.95. The van der Waals surface area contributed by atoms with Gasteiger partial charge in [0.1, 0.15) is 18.1 Å². The Morgan fingerprint density at radius 1 is 1.00 bits per heavy atom. The highest BCUT2D eigenvalue weighted by atomic mass is 16.5. The van der Waals surface area contributed by atoms with Crippen molar-refractivity contribution in [1.29, 1.82) is 0 Å². The van der Waals surface area contributed by atoms with Crippen molar-refractivity contribution in [3.05, 3.63) is 30.1 Å². The third-order valence-corrected chi connectivity index (χ3v) is 6.77. The van der Waals surface area contributed by atoms with Crippen molar-refractivity contribution in [3.8, 4) is 17.2 Å². The van der Waals surface area contributed by atoms with Crippen LogP contribution >= 0.6 is 0 Å². The van der Waals surface area contributed by atoms with Crippen LogP contribution in [0.5, 0.6) is 17.2 Å². The first-order valence-electron chi connectivity index (χ1n) is 9.94. The second-order valence-corrected chi connectivity index (χ2v) is 8.60. The van der Waals surface area contributed by atoms with E-state index < -0.39 is 0 Å². The van der Waals surface area contributed by atoms with Gasteiger partial charge in [0, 0.05) is 6.07 Å². The number of rotatable bonds is 6. The predicted octanol–water partition coefficient (Wildman–Crippen LogP) is 3.80. The average molecular weight is 369 g/mol. The molecule has 0 N–H and O–H groups in total. The van der Waals surface area contributed by atoms with Crippen LogP contribution in [-0.4, -0.2) is 29.2 Å². The molecule has 0 atom stereocenters. The molecule has 4 saturated carbocycles. The third-order valence-electron chi connectivity index (χ3n) is 6.77. The summed E-state index contributed by atoms with van der Waals surface area (Å²) in [6.07, 6.45) is 10.2. The molecule has 4 fully saturated rings. The van der Waals surface area contributed by atoms with Crippen LogP contribution in [0.15, 0.2) is 24.4 Å². The van der Waals surface area contributed by atoms with Gasteiger partial charge in [-0.2, -0.15) is 0 Å². The Morgan fingerprint density at radius 3 is 2.30 bits per heavy atom. The summed E-state index contributed by atoms with van der Waals surface area (Å²) in [7, 11) is 3.25. The van der Waals surface area contributed by atoms with Crippen molar-refractivity contribution in [1.82, 2.24) is 15.0 Å². The summed E-state index contributed by atoms with van der Waals surface area (Å²) in [6.45, 7) is 0.405. The normalized spacial score (nSPS) is 31.1. The first-order chi connectivity index (χ1) is 13.2. The molecule has 0 amide bonds. The van der Waals surface area contributed by atoms with Crippen LogP contribution in [-0.2, 0) is 12.1 Å². The second kappa shape index (κ2) is 6.43. The van der Waals surface area contributed by atoms with Gasteiger partial charge in [-0.1, -0.05) is 5.21 Å². The summed E-state index contributed by atoms with van der Waals surface area (Å²) in [5, 5.41) is 8.92. The molecule has 0 aliphatic heterocycles. The molecule has 4 bridgehead atoms. The largest absolute Gasteiger partial charge is 0.493 e. The number of hydrogen-bond donors (Lipinski definition) is 0. The lowest BCUT2D eigenvalue weighted by atomic mass is 9.53. The van der Waals surface area contributed by atoms with E-state index in [0.717, 1.165) is 29.2 Å². The fourth-order valence-corrected chi connectivity index (χ4v) is 6.01. The van der Waals surface area contributed by atoms with Crippen molar-refractivity contribution in [2.45, 2.75) is 50.7 Å². The molecular formula is C21H27N3O3. The SMILES string of the molecule is COc1ccc(OCc2cn(C34CC5CC(CC(C5)C3)C4)nn2)cc1OC. The molecule has 1 heterocycles. The number of aromatic nitrogens is 3. The summed E-state index contributed by atoms with van der Waals surface area (Å²) in [5.41, 5.74) is 1.09. The highest BCUT2D eigenvalue weighted by Gasteiger charge is 2.52. The van der Waals surface area contributed by atoms with E-state index in [1.165, 1.54) is 38.5 Å². The molecule has 6 nitrogen and oxygen atoms in total. The van der Waals surface area contributed by atoms with Crippen molar-refractivity contribution in [2.24, 2.45) is 17.8 Å². The predicted molar refractivity (Wildman–Crippen MR) is 100 cm³/mol. The molecular weight excluding hydrogens is 342 g/mol. The highest BCUT2D eigenvalue weighted by molar-refractivity contribution is 5.45. The lowest BCUT2D eigenvalue weighted by molar-refractivity contribution is -0.0502. The summed E-state index contributed by atoms with van der Waals surface area (Å²) >= 11 is 0. The zero-order chi connectivity index (χ0) is 18.4. The van der Waals surface area contributed by atoms with Crippen LogP contribution in [0.2, 0.25) is 0 Å². The van der Waals surface area contributed by atoms with Crippen LogP contribution < -0.4 is 14.2 Å². The van der Waals surface area contributed by atoms with Gasteiger partial charge in [-0.15, -0.1) is 5.10 Å². The number of nitrogens with zero attached hydrogens (tertiary/aromatic N) is 3. The van der Waals surface area contributed by atoms with Gasteiger partial charge in [-0.3, -0.25) is 0 Å². The summed E-state index contributed by atoms with van der Waals surface area (Å²) in [4.78, 5) is 0. The molecule has 27 heavy (non-hydrogen) atoms. The Labute approximate surface area is 159 Å². The zero-order valence-electron chi connectivity index (χ0n) is 16.1. The number of ether oxygens (including phenoxy) is 3. The standard InChI is InChI=1S/C21H27N3O3/c1-25-19-4-3-18(8-20(19)26-2)27-13-17-12-24(23-22-17)21-9-14-5-15(10-21)7-16(6-14)11-21/h3-4,8,12,14-16H,5-7,9-11,13H2,1-2H3. The lowest BCUT2D eigenvalue weighted by Crippen LogP contribution is -2.52. The van der Waals surface area contributed by atoms with Gasteiger partial charge in [0.2, 0.25) is 0 Å². The van der Waals surface area contributed by atoms with E-state index in [1.807, 2.05) is 18.2 Å². The van der Waals surface area contributed by atoms with Gasteiger partial charge in [-0.05, 0) is 68.4 Å². The smallest absolute Gasteiger partial charge is 0.164 e. The van der Waals surface area contributed by atoms with Crippen molar-refractivity contribution >= 4 is 0 Å². The van der Waals surface area contributed by atoms with E-state index in [9.17, 15) is 0 Å². The Bertz CT molecular complexity index is 797. The fourth-order valence-electron chi connectivity index (χ4n) is 6.01. The van der Waals surface area contributed by atoms with Gasteiger partial charge >= 0.3 is 0 Å². The molecule has 6 rings (SSSR count). The Balaban J connectivity index is 1.29. The van der Waals surface area contributed by atoms with Gasteiger partial charge in [-0.25, -0.2) is 4.68 Å². The molecule has 0 saturated heterocycles. The maximum atomic E-state index is 5.91. The highest BCUT2D eigenvalue weighted by Crippen LogP contribution is 2.58. The maximum Gasteiger partial charge on any atom is 0.164 e. The minimum absolute atomic E-state index is 0.212. The van der Waals surface area contributed by atoms with Gasteiger partial charge in [0.05, 0.1) is 26.0 Å². The van der Waals surface area contributed by atoms with Crippen LogP contribution in [0, 0.1) is 17.8 Å². The Morgan fingerprint density at radius 2 is 1.67 bits per heavy atom.